The number of benzene rings is 1. The predicted molar refractivity (Wildman–Crippen MR) is 108 cm³/mol. The molecule has 0 aliphatic heterocycles. The molecule has 5 N–H and O–H groups in total. The topological polar surface area (TPSA) is 98.2 Å². The van der Waals surface area contributed by atoms with Crippen LogP contribution in [0.4, 0.5) is 13.8 Å². The van der Waals surface area contributed by atoms with Gasteiger partial charge in [-0.15, -0.1) is 24.5 Å². The average Bonchev–Trinajstić information content (AvgIpc) is 3.10. The third-order valence-corrected chi connectivity index (χ3v) is 4.45. The minimum atomic E-state index is -2.78. The van der Waals surface area contributed by atoms with E-state index in [-0.39, 0.29) is 5.56 Å². The molecule has 2 amide bonds. The molecule has 0 bridgehead atoms. The van der Waals surface area contributed by atoms with Crippen molar-refractivity contribution in [3.63, 3.8) is 0 Å². The summed E-state index contributed by atoms with van der Waals surface area (Å²) in [7, 11) is 0. The summed E-state index contributed by atoms with van der Waals surface area (Å²) in [6, 6.07) is 8.34. The van der Waals surface area contributed by atoms with Crippen LogP contribution < -0.4 is 16.8 Å². The zero-order valence-corrected chi connectivity index (χ0v) is 16.1. The number of thiophene rings is 1. The molecule has 2 atom stereocenters. The molecule has 0 spiro atoms. The number of anilines is 1. The molecule has 1 aromatic carbocycles. The molecule has 148 valence electrons. The quantitative estimate of drug-likeness (QED) is 0.527. The first-order valence-corrected chi connectivity index (χ1v) is 8.95. The second kappa shape index (κ2) is 10.8. The standard InChI is InChI=1S/C18H17F2N3O2S.C2H4/c1-10(16(19)20)15(17(22)24)23-18(25)12-5-2-11(3-6-12)4-7-13-8-9-14(21)26-13;1-2/h2-3,5-6,8-10,15-16H,21H2,1H3,(H2,22,24)(H,23,25);1-2H2. The molecule has 28 heavy (non-hydrogen) atoms. The van der Waals surface area contributed by atoms with E-state index in [1.807, 2.05) is 6.07 Å². The fraction of sp³-hybridized carbons (Fsp3) is 0.200. The summed E-state index contributed by atoms with van der Waals surface area (Å²) in [5.41, 5.74) is 11.6. The van der Waals surface area contributed by atoms with E-state index < -0.39 is 30.2 Å². The summed E-state index contributed by atoms with van der Waals surface area (Å²) in [6.07, 6.45) is -2.78. The Balaban J connectivity index is 0.00000190. The minimum absolute atomic E-state index is 0.212. The van der Waals surface area contributed by atoms with Crippen LogP contribution in [-0.4, -0.2) is 24.3 Å². The Bertz CT molecular complexity index is 870. The lowest BCUT2D eigenvalue weighted by atomic mass is 10.0. The highest BCUT2D eigenvalue weighted by molar-refractivity contribution is 7.16. The Morgan fingerprint density at radius 3 is 2.18 bits per heavy atom. The van der Waals surface area contributed by atoms with Gasteiger partial charge in [0.05, 0.1) is 9.88 Å². The number of amides is 2. The Labute approximate surface area is 166 Å². The van der Waals surface area contributed by atoms with Gasteiger partial charge in [-0.1, -0.05) is 18.8 Å². The lowest BCUT2D eigenvalue weighted by Gasteiger charge is -2.21. The van der Waals surface area contributed by atoms with Crippen LogP contribution in [0.15, 0.2) is 49.6 Å². The Hall–Kier alpha value is -3.18. The van der Waals surface area contributed by atoms with Crippen molar-refractivity contribution in [3.8, 4) is 11.8 Å². The predicted octanol–water partition coefficient (Wildman–Crippen LogP) is 3.02. The van der Waals surface area contributed by atoms with Gasteiger partial charge in [0.2, 0.25) is 12.3 Å². The maximum absolute atomic E-state index is 12.8. The van der Waals surface area contributed by atoms with Crippen LogP contribution in [0.25, 0.3) is 0 Å². The monoisotopic (exact) mass is 405 g/mol. The summed E-state index contributed by atoms with van der Waals surface area (Å²) in [6.45, 7) is 7.15. The SMILES string of the molecule is C=C.CC(C(F)F)C(NC(=O)c1ccc(C#Cc2ccc(N)s2)cc1)C(N)=O. The van der Waals surface area contributed by atoms with E-state index in [9.17, 15) is 18.4 Å². The van der Waals surface area contributed by atoms with Crippen molar-refractivity contribution in [2.75, 3.05) is 5.73 Å². The number of alkyl halides is 2. The van der Waals surface area contributed by atoms with Gasteiger partial charge in [0.1, 0.15) is 6.04 Å². The second-order valence-corrected chi connectivity index (χ2v) is 6.69. The number of halogens is 2. The highest BCUT2D eigenvalue weighted by atomic mass is 32.1. The number of nitrogen functional groups attached to an aromatic ring is 1. The Morgan fingerprint density at radius 2 is 1.71 bits per heavy atom. The maximum atomic E-state index is 12.8. The lowest BCUT2D eigenvalue weighted by Crippen LogP contribution is -2.50. The fourth-order valence-corrected chi connectivity index (χ4v) is 2.72. The van der Waals surface area contributed by atoms with Gasteiger partial charge in [-0.2, -0.15) is 0 Å². The first-order valence-electron chi connectivity index (χ1n) is 8.13. The molecule has 2 unspecified atom stereocenters. The van der Waals surface area contributed by atoms with Gasteiger partial charge >= 0.3 is 0 Å². The van der Waals surface area contributed by atoms with E-state index in [1.54, 1.807) is 18.2 Å². The molecule has 8 heteroatoms. The van der Waals surface area contributed by atoms with Crippen LogP contribution in [0.5, 0.6) is 0 Å². The lowest BCUT2D eigenvalue weighted by molar-refractivity contribution is -0.122. The number of carbonyl (C=O) groups is 2. The molecule has 5 nitrogen and oxygen atoms in total. The van der Waals surface area contributed by atoms with Crippen LogP contribution in [0.3, 0.4) is 0 Å². The minimum Gasteiger partial charge on any atom is -0.391 e. The number of hydrogen-bond donors (Lipinski definition) is 3. The molecule has 0 fully saturated rings. The molecule has 0 saturated heterocycles. The highest BCUT2D eigenvalue weighted by Crippen LogP contribution is 2.17. The Morgan fingerprint density at radius 1 is 1.11 bits per heavy atom. The highest BCUT2D eigenvalue weighted by Gasteiger charge is 2.31. The largest absolute Gasteiger partial charge is 0.391 e. The normalized spacial score (nSPS) is 12.0. The molecule has 0 aliphatic rings. The molecular formula is C20H21F2N3O2S. The molecule has 0 radical (unpaired) electrons. The number of rotatable bonds is 5. The summed E-state index contributed by atoms with van der Waals surface area (Å²) >= 11 is 1.36. The van der Waals surface area contributed by atoms with E-state index in [2.05, 4.69) is 30.3 Å². The van der Waals surface area contributed by atoms with Crippen molar-refractivity contribution in [1.29, 1.82) is 0 Å². The fourth-order valence-electron chi connectivity index (χ4n) is 2.09. The molecule has 2 rings (SSSR count). The molecular weight excluding hydrogens is 384 g/mol. The summed E-state index contributed by atoms with van der Waals surface area (Å²) in [5, 5.41) is 2.92. The average molecular weight is 405 g/mol. The molecule has 1 heterocycles. The summed E-state index contributed by atoms with van der Waals surface area (Å²) < 4.78 is 25.6. The second-order valence-electron chi connectivity index (χ2n) is 5.58. The zero-order valence-electron chi connectivity index (χ0n) is 15.2. The summed E-state index contributed by atoms with van der Waals surface area (Å²) in [4.78, 5) is 24.3. The van der Waals surface area contributed by atoms with E-state index >= 15 is 0 Å². The van der Waals surface area contributed by atoms with Crippen molar-refractivity contribution < 1.29 is 18.4 Å². The molecule has 2 aromatic rings. The maximum Gasteiger partial charge on any atom is 0.251 e. The number of hydrogen-bond acceptors (Lipinski definition) is 4. The molecule has 1 aromatic heterocycles. The van der Waals surface area contributed by atoms with Crippen molar-refractivity contribution in [2.24, 2.45) is 11.7 Å². The molecule has 0 aliphatic carbocycles. The smallest absolute Gasteiger partial charge is 0.251 e. The van der Waals surface area contributed by atoms with E-state index in [1.165, 1.54) is 23.5 Å². The van der Waals surface area contributed by atoms with Crippen molar-refractivity contribution in [3.05, 3.63) is 65.6 Å². The summed E-state index contributed by atoms with van der Waals surface area (Å²) in [5.74, 6) is 2.82. The Kier molecular flexibility index (Phi) is 8.85. The zero-order chi connectivity index (χ0) is 21.3. The van der Waals surface area contributed by atoms with Gasteiger partial charge in [-0.3, -0.25) is 9.59 Å². The van der Waals surface area contributed by atoms with Crippen LogP contribution in [-0.2, 0) is 4.79 Å². The molecule has 0 saturated carbocycles. The van der Waals surface area contributed by atoms with Gasteiger partial charge in [-0.25, -0.2) is 8.78 Å². The van der Waals surface area contributed by atoms with Gasteiger partial charge in [0.15, 0.2) is 0 Å². The van der Waals surface area contributed by atoms with Crippen LogP contribution >= 0.6 is 11.3 Å². The number of carbonyl (C=O) groups excluding carboxylic acids is 2. The number of nitrogens with one attached hydrogen (secondary N) is 1. The van der Waals surface area contributed by atoms with Crippen molar-refractivity contribution in [1.82, 2.24) is 5.32 Å². The first-order chi connectivity index (χ1) is 13.3. The van der Waals surface area contributed by atoms with Crippen molar-refractivity contribution >= 4 is 28.2 Å². The van der Waals surface area contributed by atoms with Gasteiger partial charge in [0.25, 0.3) is 5.91 Å². The first kappa shape index (κ1) is 22.9. The van der Waals surface area contributed by atoms with Gasteiger partial charge in [0, 0.05) is 17.0 Å². The van der Waals surface area contributed by atoms with Crippen LogP contribution in [0.1, 0.15) is 27.7 Å². The van der Waals surface area contributed by atoms with Crippen LogP contribution in [0, 0.1) is 17.8 Å². The van der Waals surface area contributed by atoms with E-state index in [0.717, 1.165) is 11.8 Å². The van der Waals surface area contributed by atoms with E-state index in [4.69, 9.17) is 11.5 Å². The number of primary amides is 1. The van der Waals surface area contributed by atoms with E-state index in [0.29, 0.717) is 10.6 Å². The number of nitrogens with two attached hydrogens (primary N) is 2. The van der Waals surface area contributed by atoms with Gasteiger partial charge < -0.3 is 16.8 Å². The third-order valence-electron chi connectivity index (χ3n) is 3.62. The van der Waals surface area contributed by atoms with Gasteiger partial charge in [-0.05, 0) is 36.4 Å². The third kappa shape index (κ3) is 6.52. The van der Waals surface area contributed by atoms with Crippen molar-refractivity contribution in [2.45, 2.75) is 19.4 Å². The van der Waals surface area contributed by atoms with Crippen LogP contribution in [0.2, 0.25) is 0 Å².